The smallest absolute Gasteiger partial charge is 0.292 e. The summed E-state index contributed by atoms with van der Waals surface area (Å²) in [4.78, 5) is 34.4. The van der Waals surface area contributed by atoms with Crippen LogP contribution in [-0.2, 0) is 9.59 Å². The van der Waals surface area contributed by atoms with E-state index in [2.05, 4.69) is 0 Å². The van der Waals surface area contributed by atoms with E-state index in [0.717, 1.165) is 0 Å². The number of nitro benzene ring substituents is 1. The molecule has 7 heteroatoms. The number of nitro groups is 1. The van der Waals surface area contributed by atoms with Crippen LogP contribution in [-0.4, -0.2) is 23.3 Å². The fourth-order valence-corrected chi connectivity index (χ4v) is 1.98. The fraction of sp³-hybridized carbons (Fsp3) is 0.273. The third kappa shape index (κ3) is 2.02. The van der Waals surface area contributed by atoms with Crippen LogP contribution in [0.1, 0.15) is 6.42 Å². The summed E-state index contributed by atoms with van der Waals surface area (Å²) >= 11 is 0. The summed E-state index contributed by atoms with van der Waals surface area (Å²) in [6.07, 6.45) is 0.00137. The molecule has 1 aromatic rings. The molecule has 2 rings (SSSR count). The highest BCUT2D eigenvalue weighted by molar-refractivity contribution is 6.01. The van der Waals surface area contributed by atoms with E-state index < -0.39 is 16.7 Å². The van der Waals surface area contributed by atoms with Crippen LogP contribution in [0, 0.1) is 16.0 Å². The Bertz CT molecular complexity index is 529. The van der Waals surface area contributed by atoms with E-state index in [9.17, 15) is 19.7 Å². The summed E-state index contributed by atoms with van der Waals surface area (Å²) in [5, 5.41) is 10.9. The van der Waals surface area contributed by atoms with Gasteiger partial charge in [-0.1, -0.05) is 12.1 Å². The summed E-state index contributed by atoms with van der Waals surface area (Å²) in [5.74, 6) is -1.48. The van der Waals surface area contributed by atoms with Crippen molar-refractivity contribution in [2.75, 3.05) is 11.4 Å². The molecule has 0 saturated carbocycles. The SMILES string of the molecule is NC(=O)C1CC(=O)N(c2ccccc2[N+](=O)[O-])C1. The summed E-state index contributed by atoms with van der Waals surface area (Å²) in [5.41, 5.74) is 5.19. The summed E-state index contributed by atoms with van der Waals surface area (Å²) in [6.45, 7) is 0.0962. The molecule has 2 amide bonds. The predicted octanol–water partition coefficient (Wildman–Crippen LogP) is 0.433. The first-order chi connectivity index (χ1) is 8.50. The van der Waals surface area contributed by atoms with Crippen molar-refractivity contribution in [3.8, 4) is 0 Å². The summed E-state index contributed by atoms with van der Waals surface area (Å²) in [6, 6.07) is 5.93. The lowest BCUT2D eigenvalue weighted by atomic mass is 10.1. The Morgan fingerprint density at radius 3 is 2.67 bits per heavy atom. The van der Waals surface area contributed by atoms with E-state index in [-0.39, 0.29) is 30.2 Å². The van der Waals surface area contributed by atoms with E-state index >= 15 is 0 Å². The highest BCUT2D eigenvalue weighted by Gasteiger charge is 2.36. The maximum absolute atomic E-state index is 11.8. The van der Waals surface area contributed by atoms with Crippen LogP contribution < -0.4 is 10.6 Å². The number of nitrogens with two attached hydrogens (primary N) is 1. The van der Waals surface area contributed by atoms with Crippen molar-refractivity contribution in [3.63, 3.8) is 0 Å². The standard InChI is InChI=1S/C11H11N3O4/c12-11(16)7-5-10(15)13(6-7)8-3-1-2-4-9(8)14(17)18/h1-4,7H,5-6H2,(H2,12,16). The molecule has 1 aliphatic rings. The van der Waals surface area contributed by atoms with Crippen molar-refractivity contribution in [2.24, 2.45) is 11.7 Å². The Balaban J connectivity index is 2.35. The minimum absolute atomic E-state index is 0.00137. The maximum Gasteiger partial charge on any atom is 0.292 e. The molecule has 7 nitrogen and oxygen atoms in total. The van der Waals surface area contributed by atoms with Crippen LogP contribution in [0.5, 0.6) is 0 Å². The van der Waals surface area contributed by atoms with Crippen LogP contribution in [0.25, 0.3) is 0 Å². The van der Waals surface area contributed by atoms with Crippen LogP contribution in [0.3, 0.4) is 0 Å². The number of hydrogen-bond acceptors (Lipinski definition) is 4. The third-order valence-electron chi connectivity index (χ3n) is 2.90. The summed E-state index contributed by atoms with van der Waals surface area (Å²) in [7, 11) is 0. The number of para-hydroxylation sites is 2. The number of anilines is 1. The molecular weight excluding hydrogens is 238 g/mol. The molecular formula is C11H11N3O4. The molecule has 1 unspecified atom stereocenters. The first-order valence-corrected chi connectivity index (χ1v) is 5.34. The molecule has 2 N–H and O–H groups in total. The first-order valence-electron chi connectivity index (χ1n) is 5.34. The van der Waals surface area contributed by atoms with Crippen molar-refractivity contribution >= 4 is 23.2 Å². The maximum atomic E-state index is 11.8. The number of benzene rings is 1. The van der Waals surface area contributed by atoms with Crippen LogP contribution in [0.2, 0.25) is 0 Å². The molecule has 18 heavy (non-hydrogen) atoms. The highest BCUT2D eigenvalue weighted by atomic mass is 16.6. The number of primary amides is 1. The van der Waals surface area contributed by atoms with Crippen LogP contribution in [0.4, 0.5) is 11.4 Å². The van der Waals surface area contributed by atoms with Gasteiger partial charge in [-0.25, -0.2) is 0 Å². The molecule has 0 aliphatic carbocycles. The van der Waals surface area contributed by atoms with E-state index in [1.54, 1.807) is 6.07 Å². The molecule has 1 aromatic carbocycles. The number of amides is 2. The van der Waals surface area contributed by atoms with Crippen molar-refractivity contribution < 1.29 is 14.5 Å². The van der Waals surface area contributed by atoms with Crippen molar-refractivity contribution in [2.45, 2.75) is 6.42 Å². The van der Waals surface area contributed by atoms with Gasteiger partial charge in [0.1, 0.15) is 5.69 Å². The van der Waals surface area contributed by atoms with Gasteiger partial charge in [-0.05, 0) is 6.07 Å². The van der Waals surface area contributed by atoms with Crippen LogP contribution >= 0.6 is 0 Å². The lowest BCUT2D eigenvalue weighted by Gasteiger charge is -2.15. The molecule has 0 aromatic heterocycles. The molecule has 0 spiro atoms. The van der Waals surface area contributed by atoms with Gasteiger partial charge in [0, 0.05) is 19.0 Å². The van der Waals surface area contributed by atoms with Gasteiger partial charge < -0.3 is 10.6 Å². The molecule has 0 bridgehead atoms. The van der Waals surface area contributed by atoms with Gasteiger partial charge in [-0.2, -0.15) is 0 Å². The van der Waals surface area contributed by atoms with E-state index in [0.29, 0.717) is 0 Å². The van der Waals surface area contributed by atoms with Crippen molar-refractivity contribution in [1.29, 1.82) is 0 Å². The molecule has 1 atom stereocenters. The second-order valence-corrected chi connectivity index (χ2v) is 4.05. The number of rotatable bonds is 3. The minimum atomic E-state index is -0.586. The van der Waals surface area contributed by atoms with Gasteiger partial charge in [0.15, 0.2) is 0 Å². The number of hydrogen-bond donors (Lipinski definition) is 1. The van der Waals surface area contributed by atoms with Crippen LogP contribution in [0.15, 0.2) is 24.3 Å². The second-order valence-electron chi connectivity index (χ2n) is 4.05. The Morgan fingerprint density at radius 1 is 1.44 bits per heavy atom. The van der Waals surface area contributed by atoms with Gasteiger partial charge in [0.2, 0.25) is 11.8 Å². The Hall–Kier alpha value is -2.44. The number of nitrogens with zero attached hydrogens (tertiary/aromatic N) is 2. The Morgan fingerprint density at radius 2 is 2.11 bits per heavy atom. The van der Waals surface area contributed by atoms with E-state index in [1.165, 1.54) is 23.1 Å². The Labute approximate surface area is 102 Å². The zero-order valence-electron chi connectivity index (χ0n) is 9.41. The fourth-order valence-electron chi connectivity index (χ4n) is 1.98. The minimum Gasteiger partial charge on any atom is -0.369 e. The number of carbonyl (C=O) groups is 2. The molecule has 1 fully saturated rings. The van der Waals surface area contributed by atoms with Crippen molar-refractivity contribution in [3.05, 3.63) is 34.4 Å². The average molecular weight is 249 g/mol. The quantitative estimate of drug-likeness (QED) is 0.619. The Kier molecular flexibility index (Phi) is 2.97. The van der Waals surface area contributed by atoms with Gasteiger partial charge in [-0.15, -0.1) is 0 Å². The molecule has 1 saturated heterocycles. The topological polar surface area (TPSA) is 107 Å². The monoisotopic (exact) mass is 249 g/mol. The normalized spacial score (nSPS) is 19.0. The number of carbonyl (C=O) groups excluding carboxylic acids is 2. The molecule has 94 valence electrons. The first kappa shape index (κ1) is 12.0. The van der Waals surface area contributed by atoms with Crippen molar-refractivity contribution in [1.82, 2.24) is 0 Å². The highest BCUT2D eigenvalue weighted by Crippen LogP contribution is 2.32. The zero-order valence-corrected chi connectivity index (χ0v) is 9.41. The van der Waals surface area contributed by atoms with Gasteiger partial charge in [-0.3, -0.25) is 19.7 Å². The van der Waals surface area contributed by atoms with Gasteiger partial charge >= 0.3 is 0 Å². The summed E-state index contributed by atoms with van der Waals surface area (Å²) < 4.78 is 0. The second kappa shape index (κ2) is 4.44. The third-order valence-corrected chi connectivity index (χ3v) is 2.90. The molecule has 1 heterocycles. The zero-order chi connectivity index (χ0) is 13.3. The molecule has 0 radical (unpaired) electrons. The molecule has 1 aliphatic heterocycles. The van der Waals surface area contributed by atoms with E-state index in [1.807, 2.05) is 0 Å². The lowest BCUT2D eigenvalue weighted by molar-refractivity contribution is -0.384. The lowest BCUT2D eigenvalue weighted by Crippen LogP contribution is -2.28. The van der Waals surface area contributed by atoms with Gasteiger partial charge in [0.05, 0.1) is 10.8 Å². The van der Waals surface area contributed by atoms with E-state index in [4.69, 9.17) is 5.73 Å². The average Bonchev–Trinajstić information content (AvgIpc) is 2.71. The largest absolute Gasteiger partial charge is 0.369 e. The van der Waals surface area contributed by atoms with Gasteiger partial charge in [0.25, 0.3) is 5.69 Å². The predicted molar refractivity (Wildman–Crippen MR) is 62.8 cm³/mol.